The minimum atomic E-state index is -1.61. The molecule has 1 aliphatic rings. The minimum Gasteiger partial charge on any atom is -0.414 e. The van der Waals surface area contributed by atoms with E-state index in [1.54, 1.807) is 0 Å². The number of ether oxygens (including phenoxy) is 1. The van der Waals surface area contributed by atoms with Gasteiger partial charge in [0.2, 0.25) is 0 Å². The molecule has 0 amide bonds. The quantitative estimate of drug-likeness (QED) is 0.518. The Kier molecular flexibility index (Phi) is 5.15. The maximum Gasteiger partial charge on any atom is 0.192 e. The lowest BCUT2D eigenvalue weighted by molar-refractivity contribution is 0.181. The van der Waals surface area contributed by atoms with Crippen molar-refractivity contribution in [2.75, 3.05) is 0 Å². The maximum absolute atomic E-state index is 6.40. The number of hydrogen-bond donors (Lipinski definition) is 0. The van der Waals surface area contributed by atoms with E-state index in [1.807, 2.05) is 0 Å². The summed E-state index contributed by atoms with van der Waals surface area (Å²) in [6.07, 6.45) is 3.20. The van der Waals surface area contributed by atoms with Gasteiger partial charge in [0, 0.05) is 6.10 Å². The van der Waals surface area contributed by atoms with Crippen molar-refractivity contribution < 1.29 is 9.16 Å². The smallest absolute Gasteiger partial charge is 0.192 e. The van der Waals surface area contributed by atoms with Gasteiger partial charge in [-0.3, -0.25) is 0 Å². The van der Waals surface area contributed by atoms with Gasteiger partial charge in [0.1, 0.15) is 0 Å². The van der Waals surface area contributed by atoms with E-state index >= 15 is 0 Å². The molecule has 1 rings (SSSR count). The molecule has 3 atom stereocenters. The van der Waals surface area contributed by atoms with E-state index in [0.29, 0.717) is 23.0 Å². The van der Waals surface area contributed by atoms with Crippen LogP contribution in [0.3, 0.4) is 0 Å². The summed E-state index contributed by atoms with van der Waals surface area (Å²) in [5.74, 6) is 0. The molecule has 0 radical (unpaired) electrons. The molecule has 114 valence electrons. The number of hydrogen-bond acceptors (Lipinski definition) is 2. The lowest BCUT2D eigenvalue weighted by atomic mass is 10.2. The molecular formula is C15H34O2Si2. The second kappa shape index (κ2) is 5.62. The summed E-state index contributed by atoms with van der Waals surface area (Å²) in [4.78, 5) is 0. The molecule has 0 bridgehead atoms. The summed E-state index contributed by atoms with van der Waals surface area (Å²) >= 11 is 0. The standard InChI is InChI=1S/C15H34O2Si2/c1-12(17-19(8,9)15(2,3)4)10-11-13-14(16-13)18(5,6)7/h12-14H,10-11H2,1-9H3/t12-,13+,14+/m0/s1. The van der Waals surface area contributed by atoms with Crippen molar-refractivity contribution in [2.24, 2.45) is 0 Å². The molecular weight excluding hydrogens is 268 g/mol. The van der Waals surface area contributed by atoms with Crippen LogP contribution in [0.1, 0.15) is 40.5 Å². The van der Waals surface area contributed by atoms with E-state index in [-0.39, 0.29) is 0 Å². The summed E-state index contributed by atoms with van der Waals surface area (Å²) in [7, 11) is -2.69. The minimum absolute atomic E-state index is 0.304. The van der Waals surface area contributed by atoms with Gasteiger partial charge in [0.05, 0.1) is 19.9 Å². The molecule has 1 fully saturated rings. The second-order valence-electron chi connectivity index (χ2n) is 8.73. The Morgan fingerprint density at radius 2 is 1.63 bits per heavy atom. The largest absolute Gasteiger partial charge is 0.414 e. The molecule has 1 saturated heterocycles. The van der Waals surface area contributed by atoms with Crippen molar-refractivity contribution in [3.8, 4) is 0 Å². The fourth-order valence-corrected chi connectivity index (χ4v) is 5.60. The van der Waals surface area contributed by atoms with Crippen molar-refractivity contribution in [1.29, 1.82) is 0 Å². The molecule has 0 aromatic rings. The SMILES string of the molecule is C[C@@H](CC[C@H]1O[C@@H]1[Si](C)(C)C)O[Si](C)(C)C(C)(C)C. The third-order valence-corrected chi connectivity index (χ3v) is 11.4. The molecule has 4 heteroatoms. The van der Waals surface area contributed by atoms with Crippen LogP contribution in [0.15, 0.2) is 0 Å². The third kappa shape index (κ3) is 4.99. The highest BCUT2D eigenvalue weighted by Crippen LogP contribution is 2.39. The lowest BCUT2D eigenvalue weighted by Gasteiger charge is -2.38. The van der Waals surface area contributed by atoms with Gasteiger partial charge < -0.3 is 9.16 Å². The topological polar surface area (TPSA) is 21.8 Å². The normalized spacial score (nSPS) is 26.4. The fraction of sp³-hybridized carbons (Fsp3) is 1.00. The summed E-state index contributed by atoms with van der Waals surface area (Å²) in [5.41, 5.74) is 0.590. The predicted octanol–water partition coefficient (Wildman–Crippen LogP) is 4.82. The van der Waals surface area contributed by atoms with Gasteiger partial charge in [0.25, 0.3) is 0 Å². The van der Waals surface area contributed by atoms with E-state index in [0.717, 1.165) is 6.42 Å². The first-order valence-corrected chi connectivity index (χ1v) is 14.2. The highest BCUT2D eigenvalue weighted by Gasteiger charge is 2.47. The third-order valence-electron chi connectivity index (χ3n) is 4.60. The van der Waals surface area contributed by atoms with Gasteiger partial charge in [-0.15, -0.1) is 0 Å². The molecule has 0 N–H and O–H groups in total. The highest BCUT2D eigenvalue weighted by molar-refractivity contribution is 6.78. The van der Waals surface area contributed by atoms with Crippen molar-refractivity contribution in [3.05, 3.63) is 0 Å². The first-order chi connectivity index (χ1) is 8.34. The zero-order chi connectivity index (χ0) is 15.1. The Morgan fingerprint density at radius 3 is 2.00 bits per heavy atom. The Morgan fingerprint density at radius 1 is 1.11 bits per heavy atom. The molecule has 0 aliphatic carbocycles. The average Bonchev–Trinajstić information content (AvgIpc) is 2.90. The van der Waals surface area contributed by atoms with E-state index in [2.05, 4.69) is 60.4 Å². The Labute approximate surface area is 122 Å². The zero-order valence-corrected chi connectivity index (χ0v) is 16.5. The summed E-state index contributed by atoms with van der Waals surface area (Å²) in [6, 6.07) is 0. The lowest BCUT2D eigenvalue weighted by Crippen LogP contribution is -2.43. The average molecular weight is 303 g/mol. The molecule has 0 aromatic carbocycles. The monoisotopic (exact) mass is 302 g/mol. The number of rotatable bonds is 6. The van der Waals surface area contributed by atoms with Crippen LogP contribution in [-0.4, -0.2) is 34.3 Å². The van der Waals surface area contributed by atoms with Crippen LogP contribution in [0.2, 0.25) is 37.8 Å². The molecule has 19 heavy (non-hydrogen) atoms. The van der Waals surface area contributed by atoms with E-state index in [1.165, 1.54) is 6.42 Å². The van der Waals surface area contributed by atoms with Crippen molar-refractivity contribution in [1.82, 2.24) is 0 Å². The Bertz CT molecular complexity index is 302. The van der Waals surface area contributed by atoms with Crippen LogP contribution in [0.5, 0.6) is 0 Å². The van der Waals surface area contributed by atoms with Crippen LogP contribution in [0.4, 0.5) is 0 Å². The van der Waals surface area contributed by atoms with E-state index in [4.69, 9.17) is 9.16 Å². The molecule has 0 saturated carbocycles. The van der Waals surface area contributed by atoms with Crippen LogP contribution >= 0.6 is 0 Å². The first kappa shape index (κ1) is 17.4. The van der Waals surface area contributed by atoms with Gasteiger partial charge in [0.15, 0.2) is 8.32 Å². The van der Waals surface area contributed by atoms with Gasteiger partial charge in [-0.1, -0.05) is 40.4 Å². The zero-order valence-electron chi connectivity index (χ0n) is 14.5. The fourth-order valence-electron chi connectivity index (χ4n) is 2.26. The van der Waals surface area contributed by atoms with E-state index in [9.17, 15) is 0 Å². The molecule has 0 aromatic heterocycles. The maximum atomic E-state index is 6.40. The van der Waals surface area contributed by atoms with Crippen molar-refractivity contribution in [2.45, 2.75) is 96.2 Å². The summed E-state index contributed by atoms with van der Waals surface area (Å²) < 4.78 is 12.2. The van der Waals surface area contributed by atoms with E-state index < -0.39 is 16.4 Å². The molecule has 0 spiro atoms. The van der Waals surface area contributed by atoms with Crippen LogP contribution in [0, 0.1) is 0 Å². The molecule has 2 nitrogen and oxygen atoms in total. The predicted molar refractivity (Wildman–Crippen MR) is 89.0 cm³/mol. The van der Waals surface area contributed by atoms with Gasteiger partial charge in [-0.25, -0.2) is 0 Å². The number of epoxide rings is 1. The summed E-state index contributed by atoms with van der Waals surface area (Å²) in [6.45, 7) is 21.0. The Balaban J connectivity index is 2.32. The van der Waals surface area contributed by atoms with Gasteiger partial charge in [-0.05, 0) is 37.9 Å². The van der Waals surface area contributed by atoms with Gasteiger partial charge in [-0.2, -0.15) is 0 Å². The van der Waals surface area contributed by atoms with Crippen LogP contribution in [0.25, 0.3) is 0 Å². The Hall–Kier alpha value is 0.354. The van der Waals surface area contributed by atoms with Crippen LogP contribution in [-0.2, 0) is 9.16 Å². The molecule has 1 aliphatic heterocycles. The van der Waals surface area contributed by atoms with Crippen molar-refractivity contribution in [3.63, 3.8) is 0 Å². The second-order valence-corrected chi connectivity index (χ2v) is 18.8. The summed E-state index contributed by atoms with van der Waals surface area (Å²) in [5, 5.41) is 0.304. The highest BCUT2D eigenvalue weighted by atomic mass is 28.4. The van der Waals surface area contributed by atoms with Gasteiger partial charge >= 0.3 is 0 Å². The van der Waals surface area contributed by atoms with Crippen LogP contribution < -0.4 is 0 Å². The van der Waals surface area contributed by atoms with Crippen molar-refractivity contribution >= 4 is 16.4 Å². The molecule has 0 unspecified atom stereocenters. The first-order valence-electron chi connectivity index (χ1n) is 7.68. The molecule has 1 heterocycles.